The molecule has 8 heteroatoms. The summed E-state index contributed by atoms with van der Waals surface area (Å²) in [7, 11) is -2.18. The van der Waals surface area contributed by atoms with Crippen LogP contribution in [0.2, 0.25) is 0 Å². The lowest BCUT2D eigenvalue weighted by molar-refractivity contribution is 0.0603. The minimum Gasteiger partial charge on any atom is -0.465 e. The fourth-order valence-corrected chi connectivity index (χ4v) is 5.67. The lowest BCUT2D eigenvalue weighted by Gasteiger charge is -2.23. The third-order valence-electron chi connectivity index (χ3n) is 6.41. The molecule has 162 valence electrons. The number of esters is 1. The monoisotopic (exact) mass is 443 g/mol. The Labute approximate surface area is 179 Å². The number of methoxy groups -OCH3 is 1. The minimum absolute atomic E-state index is 0.0658. The van der Waals surface area contributed by atoms with Crippen LogP contribution in [0.4, 0.5) is 10.1 Å². The van der Waals surface area contributed by atoms with Crippen molar-refractivity contribution in [2.75, 3.05) is 24.2 Å². The van der Waals surface area contributed by atoms with Crippen molar-refractivity contribution < 1.29 is 26.8 Å². The molecular weight excluding hydrogens is 421 g/mol. The molecule has 6 nitrogen and oxygen atoms in total. The van der Waals surface area contributed by atoms with Gasteiger partial charge < -0.3 is 9.15 Å². The predicted molar refractivity (Wildman–Crippen MR) is 115 cm³/mol. The summed E-state index contributed by atoms with van der Waals surface area (Å²) in [5.74, 6) is -0.681. The molecule has 1 fully saturated rings. The molecule has 1 saturated carbocycles. The first-order valence-corrected chi connectivity index (χ1v) is 12.0. The van der Waals surface area contributed by atoms with Crippen molar-refractivity contribution in [1.82, 2.24) is 0 Å². The Morgan fingerprint density at radius 3 is 2.48 bits per heavy atom. The van der Waals surface area contributed by atoms with E-state index in [2.05, 4.69) is 0 Å². The maximum absolute atomic E-state index is 13.4. The van der Waals surface area contributed by atoms with Gasteiger partial charge in [-0.25, -0.2) is 17.6 Å². The Bertz CT molecular complexity index is 1310. The van der Waals surface area contributed by atoms with Crippen molar-refractivity contribution in [3.8, 4) is 11.3 Å². The van der Waals surface area contributed by atoms with Crippen LogP contribution in [0.25, 0.3) is 22.3 Å². The molecule has 2 aliphatic rings. The Kier molecular flexibility index (Phi) is 4.41. The molecule has 31 heavy (non-hydrogen) atoms. The fourth-order valence-electron chi connectivity index (χ4n) is 4.70. The highest BCUT2D eigenvalue weighted by Crippen LogP contribution is 2.57. The van der Waals surface area contributed by atoms with Crippen molar-refractivity contribution in [1.29, 1.82) is 0 Å². The molecule has 1 aromatic heterocycles. The molecule has 0 radical (unpaired) electrons. The molecule has 1 spiro atoms. The van der Waals surface area contributed by atoms with Crippen LogP contribution in [0.5, 0.6) is 0 Å². The number of hydrogen-bond donors (Lipinski definition) is 0. The van der Waals surface area contributed by atoms with Crippen molar-refractivity contribution in [2.24, 2.45) is 0 Å². The first kappa shape index (κ1) is 20.1. The molecule has 0 unspecified atom stereocenters. The Morgan fingerprint density at radius 2 is 1.87 bits per heavy atom. The molecule has 0 saturated heterocycles. The first-order valence-electron chi connectivity index (χ1n) is 10.2. The zero-order valence-electron chi connectivity index (χ0n) is 17.3. The summed E-state index contributed by atoms with van der Waals surface area (Å²) in [6, 6.07) is 9.28. The second kappa shape index (κ2) is 6.82. The van der Waals surface area contributed by atoms with Crippen LogP contribution in [-0.4, -0.2) is 34.3 Å². The van der Waals surface area contributed by atoms with Gasteiger partial charge in [-0.05, 0) is 67.0 Å². The third-order valence-corrected chi connectivity index (χ3v) is 7.59. The van der Waals surface area contributed by atoms with Crippen LogP contribution in [0, 0.1) is 5.82 Å². The number of sulfonamides is 1. The van der Waals surface area contributed by atoms with Crippen molar-refractivity contribution in [3.63, 3.8) is 0 Å². The summed E-state index contributed by atoms with van der Waals surface area (Å²) in [5.41, 5.74) is 2.67. The van der Waals surface area contributed by atoms with Gasteiger partial charge in [-0.2, -0.15) is 0 Å². The van der Waals surface area contributed by atoms with Gasteiger partial charge in [-0.3, -0.25) is 4.31 Å². The van der Waals surface area contributed by atoms with E-state index in [-0.39, 0.29) is 16.7 Å². The van der Waals surface area contributed by atoms with E-state index in [0.717, 1.165) is 31.2 Å². The van der Waals surface area contributed by atoms with Crippen molar-refractivity contribution in [2.45, 2.75) is 31.1 Å². The predicted octanol–water partition coefficient (Wildman–Crippen LogP) is 4.62. The molecule has 0 atom stereocenters. The zero-order chi connectivity index (χ0) is 22.0. The molecule has 0 bridgehead atoms. The van der Waals surface area contributed by atoms with Crippen LogP contribution >= 0.6 is 0 Å². The summed E-state index contributed by atoms with van der Waals surface area (Å²) in [4.78, 5) is 12.7. The van der Waals surface area contributed by atoms with Crippen LogP contribution < -0.4 is 4.31 Å². The second-order valence-electron chi connectivity index (χ2n) is 8.39. The summed E-state index contributed by atoms with van der Waals surface area (Å²) >= 11 is 0. The van der Waals surface area contributed by atoms with Gasteiger partial charge in [0.25, 0.3) is 0 Å². The fraction of sp³-hybridized carbons (Fsp3) is 0.348. The third kappa shape index (κ3) is 3.20. The summed E-state index contributed by atoms with van der Waals surface area (Å²) in [6.45, 7) is 0.411. The van der Waals surface area contributed by atoms with E-state index in [9.17, 15) is 17.6 Å². The van der Waals surface area contributed by atoms with Crippen LogP contribution in [-0.2, 0) is 20.2 Å². The van der Waals surface area contributed by atoms with Crippen LogP contribution in [0.1, 0.15) is 41.6 Å². The normalized spacial score (nSPS) is 17.5. The van der Waals surface area contributed by atoms with Gasteiger partial charge in [-0.1, -0.05) is 0 Å². The first-order chi connectivity index (χ1) is 14.7. The SMILES string of the molecule is COC(=O)c1c(-c2ccc(F)cc2)oc2cc3c(cc12)C1(CCCN3S(C)(=O)=O)CC1. The van der Waals surface area contributed by atoms with Gasteiger partial charge in [0.15, 0.2) is 0 Å². The van der Waals surface area contributed by atoms with Gasteiger partial charge in [-0.15, -0.1) is 0 Å². The standard InChI is InChI=1S/C23H22FNO5S/c1-29-22(26)20-16-12-17-18(25(31(2,27)28)11-3-8-23(17)9-10-23)13-19(16)30-21(20)14-4-6-15(24)7-5-14/h4-7,12-13H,3,8-11H2,1-2H3. The summed E-state index contributed by atoms with van der Waals surface area (Å²) in [5, 5.41) is 0.576. The van der Waals surface area contributed by atoms with E-state index in [1.54, 1.807) is 6.07 Å². The molecule has 1 aliphatic heterocycles. The number of benzene rings is 2. The lowest BCUT2D eigenvalue weighted by atomic mass is 9.89. The van der Waals surface area contributed by atoms with Gasteiger partial charge >= 0.3 is 5.97 Å². The van der Waals surface area contributed by atoms with E-state index in [1.807, 2.05) is 6.07 Å². The second-order valence-corrected chi connectivity index (χ2v) is 10.3. The van der Waals surface area contributed by atoms with Gasteiger partial charge in [0.1, 0.15) is 22.7 Å². The number of ether oxygens (including phenoxy) is 1. The molecule has 0 N–H and O–H groups in total. The number of hydrogen-bond acceptors (Lipinski definition) is 5. The number of anilines is 1. The number of carbonyl (C=O) groups is 1. The average molecular weight is 443 g/mol. The van der Waals surface area contributed by atoms with Crippen LogP contribution in [0.15, 0.2) is 40.8 Å². The molecule has 2 heterocycles. The Balaban J connectivity index is 1.81. The summed E-state index contributed by atoms with van der Waals surface area (Å²) in [6.07, 6.45) is 4.85. The number of halogens is 1. The molecule has 5 rings (SSSR count). The maximum atomic E-state index is 13.4. The van der Waals surface area contributed by atoms with Crippen molar-refractivity contribution >= 4 is 32.6 Å². The van der Waals surface area contributed by atoms with Gasteiger partial charge in [0.05, 0.1) is 19.1 Å². The highest BCUT2D eigenvalue weighted by atomic mass is 32.2. The highest BCUT2D eigenvalue weighted by molar-refractivity contribution is 7.92. The van der Waals surface area contributed by atoms with Crippen LogP contribution in [0.3, 0.4) is 0 Å². The van der Waals surface area contributed by atoms with Gasteiger partial charge in [0, 0.05) is 23.6 Å². The lowest BCUT2D eigenvalue weighted by Crippen LogP contribution is -2.30. The van der Waals surface area contributed by atoms with Gasteiger partial charge in [0.2, 0.25) is 10.0 Å². The number of rotatable bonds is 3. The Hall–Kier alpha value is -2.87. The molecule has 2 aromatic carbocycles. The molecule has 0 amide bonds. The summed E-state index contributed by atoms with van der Waals surface area (Å²) < 4.78 is 51.0. The molecule has 1 aliphatic carbocycles. The maximum Gasteiger partial charge on any atom is 0.342 e. The van der Waals surface area contributed by atoms with E-state index < -0.39 is 21.8 Å². The van der Waals surface area contributed by atoms with E-state index in [4.69, 9.17) is 9.15 Å². The van der Waals surface area contributed by atoms with E-state index >= 15 is 0 Å². The molecular formula is C23H22FNO5S. The van der Waals surface area contributed by atoms with E-state index in [1.165, 1.54) is 41.9 Å². The average Bonchev–Trinajstić information content (AvgIpc) is 3.45. The number of carbonyl (C=O) groups excluding carboxylic acids is 1. The van der Waals surface area contributed by atoms with Crippen molar-refractivity contribution in [3.05, 3.63) is 53.3 Å². The smallest absolute Gasteiger partial charge is 0.342 e. The molecule has 3 aromatic rings. The largest absolute Gasteiger partial charge is 0.465 e. The topological polar surface area (TPSA) is 76.8 Å². The Morgan fingerprint density at radius 1 is 1.16 bits per heavy atom. The minimum atomic E-state index is -3.48. The highest BCUT2D eigenvalue weighted by Gasteiger charge is 2.48. The van der Waals surface area contributed by atoms with E-state index in [0.29, 0.717) is 28.8 Å². The number of fused-ring (bicyclic) bond motifs is 3. The quantitative estimate of drug-likeness (QED) is 0.552. The number of furan rings is 1. The zero-order valence-corrected chi connectivity index (χ0v) is 18.1. The number of nitrogens with zero attached hydrogens (tertiary/aromatic N) is 1.